The zero-order chi connectivity index (χ0) is 17.3. The van der Waals surface area contributed by atoms with E-state index in [1.807, 2.05) is 10.3 Å². The van der Waals surface area contributed by atoms with E-state index in [0.717, 1.165) is 29.0 Å². The average Bonchev–Trinajstić information content (AvgIpc) is 2.91. The molecule has 0 bridgehead atoms. The molecule has 0 atom stereocenters. The summed E-state index contributed by atoms with van der Waals surface area (Å²) in [5, 5.41) is 1.72. The highest BCUT2D eigenvalue weighted by Gasteiger charge is 2.30. The van der Waals surface area contributed by atoms with Gasteiger partial charge in [0.05, 0.1) is 15.3 Å². The molecule has 124 valence electrons. The molecular formula is C13H11F3N2O3S2. The molecule has 1 heterocycles. The molecule has 5 nitrogen and oxygen atoms in total. The summed E-state index contributed by atoms with van der Waals surface area (Å²) in [5.74, 6) is -0.654. The van der Waals surface area contributed by atoms with Crippen LogP contribution in [0.2, 0.25) is 0 Å². The van der Waals surface area contributed by atoms with Crippen LogP contribution in [0.1, 0.15) is 20.8 Å². The van der Waals surface area contributed by atoms with Crippen molar-refractivity contribution in [3.63, 3.8) is 0 Å². The quantitative estimate of drug-likeness (QED) is 0.819. The topological polar surface area (TPSA) is 75.3 Å². The maximum absolute atomic E-state index is 12.4. The summed E-state index contributed by atoms with van der Waals surface area (Å²) in [6, 6.07) is 4.50. The molecule has 2 aromatic rings. The van der Waals surface area contributed by atoms with Crippen molar-refractivity contribution >= 4 is 27.3 Å². The Labute approximate surface area is 134 Å². The minimum Gasteiger partial charge on any atom is -0.273 e. The van der Waals surface area contributed by atoms with E-state index in [9.17, 15) is 26.4 Å². The van der Waals surface area contributed by atoms with Crippen LogP contribution in [0.5, 0.6) is 0 Å². The van der Waals surface area contributed by atoms with Crippen LogP contribution in [0.25, 0.3) is 0 Å². The first kappa shape index (κ1) is 17.4. The van der Waals surface area contributed by atoms with E-state index in [4.69, 9.17) is 0 Å². The van der Waals surface area contributed by atoms with Gasteiger partial charge in [0.15, 0.2) is 0 Å². The fraction of sp³-hybridized carbons (Fsp3) is 0.154. The first-order valence-electron chi connectivity index (χ1n) is 6.14. The maximum Gasteiger partial charge on any atom is 0.416 e. The number of carbonyl (C=O) groups excluding carboxylic acids is 1. The van der Waals surface area contributed by atoms with Gasteiger partial charge in [0.2, 0.25) is 0 Å². The number of halogens is 3. The Morgan fingerprint density at radius 3 is 2.26 bits per heavy atom. The van der Waals surface area contributed by atoms with Crippen LogP contribution in [0.3, 0.4) is 0 Å². The minimum atomic E-state index is -4.55. The Balaban J connectivity index is 2.08. The van der Waals surface area contributed by atoms with Gasteiger partial charge < -0.3 is 0 Å². The monoisotopic (exact) mass is 364 g/mol. The van der Waals surface area contributed by atoms with Crippen molar-refractivity contribution in [3.05, 3.63) is 51.7 Å². The number of thiophene rings is 1. The molecule has 1 amide bonds. The molecule has 0 aliphatic rings. The molecule has 0 fully saturated rings. The minimum absolute atomic E-state index is 0.303. The largest absolute Gasteiger partial charge is 0.416 e. The van der Waals surface area contributed by atoms with Gasteiger partial charge in [-0.1, -0.05) is 0 Å². The second-order valence-corrected chi connectivity index (χ2v) is 7.16. The highest BCUT2D eigenvalue weighted by molar-refractivity contribution is 7.89. The Morgan fingerprint density at radius 2 is 1.78 bits per heavy atom. The van der Waals surface area contributed by atoms with Crippen molar-refractivity contribution in [2.24, 2.45) is 0 Å². The van der Waals surface area contributed by atoms with Gasteiger partial charge in [-0.2, -0.15) is 13.2 Å². The standard InChI is InChI=1S/C13H11F3N2O3S2/c1-8-6-11(22-7-8)12(19)17-18-23(20,21)10-4-2-9(3-5-10)13(14,15)16/h2-7,18H,1H3,(H,17,19). The summed E-state index contributed by atoms with van der Waals surface area (Å²) < 4.78 is 61.2. The van der Waals surface area contributed by atoms with Gasteiger partial charge in [-0.15, -0.1) is 16.2 Å². The number of alkyl halides is 3. The number of hydrogen-bond acceptors (Lipinski definition) is 4. The van der Waals surface area contributed by atoms with Crippen LogP contribution < -0.4 is 10.3 Å². The lowest BCUT2D eigenvalue weighted by Gasteiger charge is -2.09. The Kier molecular flexibility index (Phi) is 4.78. The third kappa shape index (κ3) is 4.30. The molecule has 0 unspecified atom stereocenters. The molecular weight excluding hydrogens is 353 g/mol. The number of sulfonamides is 1. The molecule has 1 aromatic carbocycles. The summed E-state index contributed by atoms with van der Waals surface area (Å²) in [6.45, 7) is 1.78. The van der Waals surface area contributed by atoms with Crippen molar-refractivity contribution in [2.75, 3.05) is 0 Å². The molecule has 0 aliphatic heterocycles. The van der Waals surface area contributed by atoms with Crippen molar-refractivity contribution in [3.8, 4) is 0 Å². The number of amides is 1. The smallest absolute Gasteiger partial charge is 0.273 e. The number of hydrazine groups is 1. The van der Waals surface area contributed by atoms with E-state index in [0.29, 0.717) is 17.0 Å². The lowest BCUT2D eigenvalue weighted by Crippen LogP contribution is -2.41. The molecule has 23 heavy (non-hydrogen) atoms. The van der Waals surface area contributed by atoms with Gasteiger partial charge in [-0.25, -0.2) is 8.42 Å². The highest BCUT2D eigenvalue weighted by atomic mass is 32.2. The molecule has 0 saturated carbocycles. The number of benzene rings is 1. The highest BCUT2D eigenvalue weighted by Crippen LogP contribution is 2.29. The molecule has 0 aliphatic carbocycles. The van der Waals surface area contributed by atoms with E-state index in [1.165, 1.54) is 0 Å². The molecule has 1 aromatic heterocycles. The van der Waals surface area contributed by atoms with Gasteiger partial charge in [0.1, 0.15) is 0 Å². The fourth-order valence-corrected chi connectivity index (χ4v) is 3.24. The normalized spacial score (nSPS) is 12.2. The van der Waals surface area contributed by atoms with E-state index >= 15 is 0 Å². The van der Waals surface area contributed by atoms with Crippen molar-refractivity contribution in [1.82, 2.24) is 10.3 Å². The van der Waals surface area contributed by atoms with Crippen LogP contribution >= 0.6 is 11.3 Å². The second-order valence-electron chi connectivity index (χ2n) is 4.57. The lowest BCUT2D eigenvalue weighted by atomic mass is 10.2. The average molecular weight is 364 g/mol. The Morgan fingerprint density at radius 1 is 1.17 bits per heavy atom. The first-order chi connectivity index (χ1) is 10.6. The molecule has 2 N–H and O–H groups in total. The zero-order valence-corrected chi connectivity index (χ0v) is 13.3. The second kappa shape index (κ2) is 6.30. The summed E-state index contributed by atoms with van der Waals surface area (Å²) in [5.41, 5.74) is 1.90. The van der Waals surface area contributed by atoms with Crippen molar-refractivity contribution in [1.29, 1.82) is 0 Å². The third-order valence-electron chi connectivity index (χ3n) is 2.75. The zero-order valence-electron chi connectivity index (χ0n) is 11.6. The number of nitrogens with one attached hydrogen (secondary N) is 2. The van der Waals surface area contributed by atoms with Crippen molar-refractivity contribution < 1.29 is 26.4 Å². The number of rotatable bonds is 4. The SMILES string of the molecule is Cc1csc(C(=O)NNS(=O)(=O)c2ccc(C(F)(F)F)cc2)c1. The maximum atomic E-state index is 12.4. The molecule has 0 saturated heterocycles. The lowest BCUT2D eigenvalue weighted by molar-refractivity contribution is -0.137. The van der Waals surface area contributed by atoms with Gasteiger partial charge in [0.25, 0.3) is 15.9 Å². The molecule has 0 spiro atoms. The Hall–Kier alpha value is -1.91. The van der Waals surface area contributed by atoms with Crippen LogP contribution in [0, 0.1) is 6.92 Å². The summed E-state index contributed by atoms with van der Waals surface area (Å²) in [6.07, 6.45) is -4.55. The van der Waals surface area contributed by atoms with Gasteiger partial charge >= 0.3 is 6.18 Å². The van der Waals surface area contributed by atoms with E-state index in [-0.39, 0.29) is 0 Å². The van der Waals surface area contributed by atoms with Crippen LogP contribution in [-0.2, 0) is 16.2 Å². The summed E-state index contributed by atoms with van der Waals surface area (Å²) in [7, 11) is -4.16. The molecule has 2 rings (SSSR count). The van der Waals surface area contributed by atoms with Gasteiger partial charge in [0, 0.05) is 0 Å². The number of aryl methyl sites for hydroxylation is 1. The van der Waals surface area contributed by atoms with Crippen LogP contribution in [0.4, 0.5) is 13.2 Å². The number of hydrogen-bond donors (Lipinski definition) is 2. The van der Waals surface area contributed by atoms with E-state index < -0.39 is 32.6 Å². The Bertz CT molecular complexity index is 812. The van der Waals surface area contributed by atoms with Gasteiger partial charge in [-0.3, -0.25) is 10.2 Å². The van der Waals surface area contributed by atoms with E-state index in [2.05, 4.69) is 0 Å². The van der Waals surface area contributed by atoms with Crippen LogP contribution in [-0.4, -0.2) is 14.3 Å². The predicted molar refractivity (Wildman–Crippen MR) is 78.3 cm³/mol. The summed E-state index contributed by atoms with van der Waals surface area (Å²) >= 11 is 1.14. The third-order valence-corrected chi connectivity index (χ3v) is 5.06. The molecule has 10 heteroatoms. The van der Waals surface area contributed by atoms with Crippen molar-refractivity contribution in [2.45, 2.75) is 18.0 Å². The molecule has 0 radical (unpaired) electrons. The predicted octanol–water partition coefficient (Wildman–Crippen LogP) is 2.70. The fourth-order valence-electron chi connectivity index (χ4n) is 1.61. The van der Waals surface area contributed by atoms with E-state index in [1.54, 1.807) is 18.4 Å². The summed E-state index contributed by atoms with van der Waals surface area (Å²) in [4.78, 5) is 13.5. The van der Waals surface area contributed by atoms with Gasteiger partial charge in [-0.05, 0) is 48.2 Å². The van der Waals surface area contributed by atoms with Crippen LogP contribution in [0.15, 0.2) is 40.6 Å². The first-order valence-corrected chi connectivity index (χ1v) is 8.50. The number of carbonyl (C=O) groups is 1.